The Morgan fingerprint density at radius 3 is 2.79 bits per heavy atom. The monoisotopic (exact) mass is 257 g/mol. The normalized spacial score (nSPS) is 14.1. The van der Waals surface area contributed by atoms with E-state index in [0.29, 0.717) is 12.1 Å². The van der Waals surface area contributed by atoms with Gasteiger partial charge in [0, 0.05) is 17.6 Å². The number of nitrogens with two attached hydrogens (primary N) is 1. The first-order valence-corrected chi connectivity index (χ1v) is 6.48. The van der Waals surface area contributed by atoms with E-state index in [1.807, 2.05) is 38.1 Å². The number of benzene rings is 1. The highest BCUT2D eigenvalue weighted by atomic mass is 16.1. The van der Waals surface area contributed by atoms with Gasteiger partial charge in [-0.05, 0) is 31.5 Å². The maximum atomic E-state index is 12.3. The van der Waals surface area contributed by atoms with Crippen molar-refractivity contribution in [1.29, 1.82) is 0 Å². The number of hydrogen-bond donors (Lipinski definition) is 2. The minimum absolute atomic E-state index is 0.0458. The van der Waals surface area contributed by atoms with Crippen molar-refractivity contribution < 1.29 is 4.79 Å². The maximum Gasteiger partial charge on any atom is 0.252 e. The van der Waals surface area contributed by atoms with E-state index < -0.39 is 0 Å². The van der Waals surface area contributed by atoms with Gasteiger partial charge >= 0.3 is 0 Å². The topological polar surface area (TPSA) is 68.0 Å². The smallest absolute Gasteiger partial charge is 0.252 e. The molecule has 1 heterocycles. The fraction of sp³-hybridized carbons (Fsp3) is 0.333. The summed E-state index contributed by atoms with van der Waals surface area (Å²) in [6, 6.07) is 9.43. The lowest BCUT2D eigenvalue weighted by molar-refractivity contribution is 0.0931. The summed E-state index contributed by atoms with van der Waals surface area (Å²) in [6.45, 7) is 4.55. The Hall–Kier alpha value is -1.94. The average Bonchev–Trinajstić information content (AvgIpc) is 2.45. The van der Waals surface area contributed by atoms with Gasteiger partial charge in [0.15, 0.2) is 0 Å². The number of rotatable bonds is 4. The van der Waals surface area contributed by atoms with Gasteiger partial charge in [-0.15, -0.1) is 0 Å². The van der Waals surface area contributed by atoms with Crippen LogP contribution in [-0.4, -0.2) is 23.5 Å². The molecular weight excluding hydrogens is 238 g/mol. The first kappa shape index (κ1) is 13.5. The van der Waals surface area contributed by atoms with Crippen LogP contribution < -0.4 is 11.1 Å². The standard InChI is InChI=1S/C15H19N3O/c1-10(9-16)11(2)18-15(19)13-7-8-17-14-6-4-3-5-12(13)14/h3-8,10-11H,9,16H2,1-2H3,(H,18,19). The number of nitrogens with zero attached hydrogens (tertiary/aromatic N) is 1. The number of fused-ring (bicyclic) bond motifs is 1. The lowest BCUT2D eigenvalue weighted by atomic mass is 10.0. The van der Waals surface area contributed by atoms with E-state index in [-0.39, 0.29) is 17.9 Å². The Bertz CT molecular complexity index is 577. The van der Waals surface area contributed by atoms with Crippen molar-refractivity contribution in [3.8, 4) is 0 Å². The number of pyridine rings is 1. The Morgan fingerprint density at radius 2 is 2.05 bits per heavy atom. The van der Waals surface area contributed by atoms with E-state index in [1.165, 1.54) is 0 Å². The highest BCUT2D eigenvalue weighted by molar-refractivity contribution is 6.06. The van der Waals surface area contributed by atoms with Crippen LogP contribution >= 0.6 is 0 Å². The van der Waals surface area contributed by atoms with Crippen LogP contribution in [0.4, 0.5) is 0 Å². The summed E-state index contributed by atoms with van der Waals surface area (Å²) >= 11 is 0. The molecular formula is C15H19N3O. The molecule has 2 unspecified atom stereocenters. The molecule has 0 radical (unpaired) electrons. The predicted octanol–water partition coefficient (Wildman–Crippen LogP) is 1.95. The number of nitrogens with one attached hydrogen (secondary N) is 1. The minimum Gasteiger partial charge on any atom is -0.349 e. The summed E-state index contributed by atoms with van der Waals surface area (Å²) in [5, 5.41) is 3.86. The molecule has 0 aliphatic heterocycles. The van der Waals surface area contributed by atoms with Crippen LogP contribution in [0.5, 0.6) is 0 Å². The molecule has 2 atom stereocenters. The number of amides is 1. The van der Waals surface area contributed by atoms with Crippen LogP contribution in [0.1, 0.15) is 24.2 Å². The van der Waals surface area contributed by atoms with Crippen LogP contribution in [0.2, 0.25) is 0 Å². The minimum atomic E-state index is -0.0774. The second-order valence-electron chi connectivity index (χ2n) is 4.85. The highest BCUT2D eigenvalue weighted by Gasteiger charge is 2.16. The summed E-state index contributed by atoms with van der Waals surface area (Å²) < 4.78 is 0. The van der Waals surface area contributed by atoms with Gasteiger partial charge in [-0.3, -0.25) is 9.78 Å². The number of carbonyl (C=O) groups is 1. The Kier molecular flexibility index (Phi) is 4.12. The van der Waals surface area contributed by atoms with E-state index in [2.05, 4.69) is 10.3 Å². The third kappa shape index (κ3) is 2.90. The van der Waals surface area contributed by atoms with Gasteiger partial charge in [0.2, 0.25) is 0 Å². The molecule has 3 N–H and O–H groups in total. The lowest BCUT2D eigenvalue weighted by Crippen LogP contribution is -2.39. The van der Waals surface area contributed by atoms with Gasteiger partial charge in [0.05, 0.1) is 11.1 Å². The largest absolute Gasteiger partial charge is 0.349 e. The van der Waals surface area contributed by atoms with Crippen LogP contribution in [0, 0.1) is 5.92 Å². The molecule has 2 aromatic rings. The van der Waals surface area contributed by atoms with E-state index in [9.17, 15) is 4.79 Å². The molecule has 4 heteroatoms. The van der Waals surface area contributed by atoms with Crippen molar-refractivity contribution >= 4 is 16.8 Å². The maximum absolute atomic E-state index is 12.3. The third-order valence-electron chi connectivity index (χ3n) is 3.48. The Balaban J connectivity index is 2.27. The Morgan fingerprint density at radius 1 is 1.32 bits per heavy atom. The molecule has 1 amide bonds. The second kappa shape index (κ2) is 5.80. The quantitative estimate of drug-likeness (QED) is 0.879. The van der Waals surface area contributed by atoms with Crippen molar-refractivity contribution in [3.05, 3.63) is 42.1 Å². The highest BCUT2D eigenvalue weighted by Crippen LogP contribution is 2.16. The summed E-state index contributed by atoms with van der Waals surface area (Å²) in [4.78, 5) is 16.6. The molecule has 1 aromatic heterocycles. The van der Waals surface area contributed by atoms with Gasteiger partial charge in [0.1, 0.15) is 0 Å². The molecule has 19 heavy (non-hydrogen) atoms. The summed E-state index contributed by atoms with van der Waals surface area (Å²) in [5.74, 6) is 0.170. The summed E-state index contributed by atoms with van der Waals surface area (Å²) in [5.41, 5.74) is 7.10. The van der Waals surface area contributed by atoms with E-state index in [1.54, 1.807) is 12.3 Å². The SMILES string of the molecule is CC(CN)C(C)NC(=O)c1ccnc2ccccc12. The van der Waals surface area contributed by atoms with E-state index in [4.69, 9.17) is 5.73 Å². The molecule has 0 fully saturated rings. The van der Waals surface area contributed by atoms with Gasteiger partial charge in [-0.1, -0.05) is 25.1 Å². The molecule has 0 bridgehead atoms. The number of para-hydroxylation sites is 1. The van der Waals surface area contributed by atoms with E-state index in [0.717, 1.165) is 10.9 Å². The molecule has 2 rings (SSSR count). The van der Waals surface area contributed by atoms with Gasteiger partial charge < -0.3 is 11.1 Å². The fourth-order valence-electron chi connectivity index (χ4n) is 1.92. The molecule has 4 nitrogen and oxygen atoms in total. The van der Waals surface area contributed by atoms with Crippen molar-refractivity contribution in [3.63, 3.8) is 0 Å². The molecule has 0 saturated heterocycles. The van der Waals surface area contributed by atoms with Crippen LogP contribution in [-0.2, 0) is 0 Å². The van der Waals surface area contributed by atoms with Crippen LogP contribution in [0.15, 0.2) is 36.5 Å². The van der Waals surface area contributed by atoms with Gasteiger partial charge in [0.25, 0.3) is 5.91 Å². The second-order valence-corrected chi connectivity index (χ2v) is 4.85. The lowest BCUT2D eigenvalue weighted by Gasteiger charge is -2.20. The van der Waals surface area contributed by atoms with E-state index >= 15 is 0 Å². The average molecular weight is 257 g/mol. The fourth-order valence-corrected chi connectivity index (χ4v) is 1.92. The van der Waals surface area contributed by atoms with Crippen molar-refractivity contribution in [1.82, 2.24) is 10.3 Å². The van der Waals surface area contributed by atoms with Crippen molar-refractivity contribution in [2.45, 2.75) is 19.9 Å². The predicted molar refractivity (Wildman–Crippen MR) is 76.9 cm³/mol. The first-order valence-electron chi connectivity index (χ1n) is 6.48. The number of aromatic nitrogens is 1. The van der Waals surface area contributed by atoms with Gasteiger partial charge in [-0.2, -0.15) is 0 Å². The third-order valence-corrected chi connectivity index (χ3v) is 3.48. The zero-order valence-corrected chi connectivity index (χ0v) is 11.3. The molecule has 100 valence electrons. The number of carbonyl (C=O) groups excluding carboxylic acids is 1. The molecule has 0 aliphatic rings. The van der Waals surface area contributed by atoms with Crippen molar-refractivity contribution in [2.24, 2.45) is 11.7 Å². The van der Waals surface area contributed by atoms with Crippen LogP contribution in [0.25, 0.3) is 10.9 Å². The van der Waals surface area contributed by atoms with Crippen molar-refractivity contribution in [2.75, 3.05) is 6.54 Å². The zero-order valence-electron chi connectivity index (χ0n) is 11.3. The summed E-state index contributed by atoms with van der Waals surface area (Å²) in [6.07, 6.45) is 1.66. The zero-order chi connectivity index (χ0) is 13.8. The molecule has 0 spiro atoms. The van der Waals surface area contributed by atoms with Crippen LogP contribution in [0.3, 0.4) is 0 Å². The molecule has 0 saturated carbocycles. The Labute approximate surface area is 113 Å². The number of hydrogen-bond acceptors (Lipinski definition) is 3. The van der Waals surface area contributed by atoms with Gasteiger partial charge in [-0.25, -0.2) is 0 Å². The first-order chi connectivity index (χ1) is 9.13. The summed E-state index contributed by atoms with van der Waals surface area (Å²) in [7, 11) is 0. The molecule has 1 aromatic carbocycles. The molecule has 0 aliphatic carbocycles.